The lowest BCUT2D eigenvalue weighted by Gasteiger charge is -2.12. The average Bonchev–Trinajstić information content (AvgIpc) is 2.80. The number of H-pyrrole nitrogens is 1. The van der Waals surface area contributed by atoms with E-state index >= 15 is 0 Å². The fraction of sp³-hybridized carbons (Fsp3) is 0. The maximum atomic E-state index is 12.2. The van der Waals surface area contributed by atoms with Gasteiger partial charge in [-0.25, -0.2) is 0 Å². The van der Waals surface area contributed by atoms with E-state index in [1.807, 2.05) is 0 Å². The molecule has 0 fully saturated rings. The average molecular weight is 224 g/mol. The van der Waals surface area contributed by atoms with Crippen molar-refractivity contribution in [3.63, 3.8) is 0 Å². The van der Waals surface area contributed by atoms with E-state index < -0.39 is 0 Å². The van der Waals surface area contributed by atoms with Gasteiger partial charge in [-0.05, 0) is 6.08 Å². The fourth-order valence-corrected chi connectivity index (χ4v) is 2.04. The van der Waals surface area contributed by atoms with Gasteiger partial charge in [0.05, 0.1) is 11.3 Å². The number of ketones is 2. The Hall–Kier alpha value is -2.49. The van der Waals surface area contributed by atoms with Crippen molar-refractivity contribution >= 4 is 17.6 Å². The van der Waals surface area contributed by atoms with Crippen LogP contribution in [0.3, 0.4) is 0 Å². The number of carbonyl (C=O) groups excluding carboxylic acids is 2. The smallest absolute Gasteiger partial charge is 0.214 e. The van der Waals surface area contributed by atoms with Gasteiger partial charge in [-0.15, -0.1) is 0 Å². The summed E-state index contributed by atoms with van der Waals surface area (Å²) in [6, 6.07) is 6.76. The predicted molar refractivity (Wildman–Crippen MR) is 62.0 cm³/mol. The van der Waals surface area contributed by atoms with E-state index in [2.05, 4.69) is 16.8 Å². The van der Waals surface area contributed by atoms with E-state index in [0.29, 0.717) is 22.4 Å². The molecule has 0 aliphatic heterocycles. The second kappa shape index (κ2) is 3.25. The van der Waals surface area contributed by atoms with Gasteiger partial charge in [0.15, 0.2) is 5.78 Å². The normalized spacial score (nSPS) is 13.2. The number of hydrogen-bond donors (Lipinski definition) is 1. The van der Waals surface area contributed by atoms with Crippen LogP contribution in [-0.4, -0.2) is 21.8 Å². The van der Waals surface area contributed by atoms with Crippen molar-refractivity contribution in [2.24, 2.45) is 0 Å². The fourth-order valence-electron chi connectivity index (χ4n) is 2.04. The third kappa shape index (κ3) is 1.15. The Balaban J connectivity index is 2.35. The molecule has 2 aromatic rings. The zero-order valence-corrected chi connectivity index (χ0v) is 8.86. The Morgan fingerprint density at radius 1 is 1.12 bits per heavy atom. The highest BCUT2D eigenvalue weighted by molar-refractivity contribution is 6.28. The largest absolute Gasteiger partial charge is 0.288 e. The van der Waals surface area contributed by atoms with E-state index in [4.69, 9.17) is 0 Å². The van der Waals surface area contributed by atoms with Crippen molar-refractivity contribution in [1.82, 2.24) is 10.2 Å². The highest BCUT2D eigenvalue weighted by atomic mass is 16.1. The summed E-state index contributed by atoms with van der Waals surface area (Å²) < 4.78 is 0. The number of aromatic nitrogens is 2. The molecule has 1 aliphatic carbocycles. The van der Waals surface area contributed by atoms with Gasteiger partial charge in [0.2, 0.25) is 5.78 Å². The maximum absolute atomic E-state index is 12.2. The van der Waals surface area contributed by atoms with Crippen LogP contribution in [0.2, 0.25) is 0 Å². The molecule has 0 saturated heterocycles. The molecular formula is C13H8N2O2. The third-order valence-electron chi connectivity index (χ3n) is 2.86. The van der Waals surface area contributed by atoms with Crippen molar-refractivity contribution in [2.45, 2.75) is 0 Å². The molecule has 82 valence electrons. The number of aromatic amines is 1. The third-order valence-corrected chi connectivity index (χ3v) is 2.86. The summed E-state index contributed by atoms with van der Waals surface area (Å²) in [5.74, 6) is -0.404. The van der Waals surface area contributed by atoms with Crippen LogP contribution >= 0.6 is 0 Å². The standard InChI is InChI=1S/C13H8N2O2/c1-2-9-10-11(15-14-9)13(17)8-6-4-3-5-7(8)12(10)16/h2-6H,1H2,(H,14,15). The van der Waals surface area contributed by atoms with Crippen molar-refractivity contribution < 1.29 is 9.59 Å². The summed E-state index contributed by atoms with van der Waals surface area (Å²) in [6.45, 7) is 3.59. The molecule has 1 heterocycles. The van der Waals surface area contributed by atoms with Crippen LogP contribution in [0.25, 0.3) is 6.08 Å². The second-order valence-electron chi connectivity index (χ2n) is 3.77. The number of nitrogens with zero attached hydrogens (tertiary/aromatic N) is 1. The first-order valence-electron chi connectivity index (χ1n) is 5.13. The molecule has 0 spiro atoms. The van der Waals surface area contributed by atoms with Crippen molar-refractivity contribution in [1.29, 1.82) is 0 Å². The molecule has 4 heteroatoms. The topological polar surface area (TPSA) is 62.8 Å². The number of benzene rings is 1. The molecule has 0 atom stereocenters. The number of fused-ring (bicyclic) bond motifs is 2. The van der Waals surface area contributed by atoms with E-state index in [-0.39, 0.29) is 17.3 Å². The molecule has 4 nitrogen and oxygen atoms in total. The Labute approximate surface area is 97.0 Å². The second-order valence-corrected chi connectivity index (χ2v) is 3.77. The van der Waals surface area contributed by atoms with Gasteiger partial charge in [-0.2, -0.15) is 5.10 Å². The van der Waals surface area contributed by atoms with Crippen molar-refractivity contribution in [3.05, 3.63) is 58.9 Å². The lowest BCUT2D eigenvalue weighted by atomic mass is 9.87. The van der Waals surface area contributed by atoms with Gasteiger partial charge in [0.25, 0.3) is 0 Å². The Morgan fingerprint density at radius 2 is 1.76 bits per heavy atom. The van der Waals surface area contributed by atoms with E-state index in [1.165, 1.54) is 6.08 Å². The lowest BCUT2D eigenvalue weighted by Crippen LogP contribution is -2.20. The van der Waals surface area contributed by atoms with Gasteiger partial charge in [0, 0.05) is 11.1 Å². The molecule has 0 unspecified atom stereocenters. The SMILES string of the molecule is C=Cc1[nH]nc2c1C(=O)c1ccccc1C2=O. The summed E-state index contributed by atoms with van der Waals surface area (Å²) >= 11 is 0. The molecule has 3 rings (SSSR count). The number of carbonyl (C=O) groups is 2. The summed E-state index contributed by atoms with van der Waals surface area (Å²) in [5, 5.41) is 6.54. The highest BCUT2D eigenvalue weighted by Crippen LogP contribution is 2.27. The molecule has 1 N–H and O–H groups in total. The summed E-state index contributed by atoms with van der Waals surface area (Å²) in [7, 11) is 0. The van der Waals surface area contributed by atoms with E-state index in [0.717, 1.165) is 0 Å². The summed E-state index contributed by atoms with van der Waals surface area (Å²) in [6.07, 6.45) is 1.49. The molecule has 1 aromatic heterocycles. The zero-order chi connectivity index (χ0) is 12.0. The highest BCUT2D eigenvalue weighted by Gasteiger charge is 2.33. The minimum absolute atomic E-state index is 0.182. The zero-order valence-electron chi connectivity index (χ0n) is 8.86. The van der Waals surface area contributed by atoms with Crippen LogP contribution in [0.4, 0.5) is 0 Å². The molecule has 1 aliphatic rings. The van der Waals surface area contributed by atoms with Gasteiger partial charge in [0.1, 0.15) is 5.69 Å². The van der Waals surface area contributed by atoms with Crippen LogP contribution in [-0.2, 0) is 0 Å². The van der Waals surface area contributed by atoms with Crippen LogP contribution in [0.15, 0.2) is 30.8 Å². The first-order chi connectivity index (χ1) is 8.24. The summed E-state index contributed by atoms with van der Waals surface area (Å²) in [5.41, 5.74) is 1.83. The van der Waals surface area contributed by atoms with Gasteiger partial charge >= 0.3 is 0 Å². The van der Waals surface area contributed by atoms with Crippen LogP contribution in [0.1, 0.15) is 37.7 Å². The van der Waals surface area contributed by atoms with Gasteiger partial charge in [-0.1, -0.05) is 30.8 Å². The summed E-state index contributed by atoms with van der Waals surface area (Å²) in [4.78, 5) is 24.3. The molecule has 1 aromatic carbocycles. The molecule has 0 saturated carbocycles. The maximum Gasteiger partial charge on any atom is 0.214 e. The van der Waals surface area contributed by atoms with E-state index in [1.54, 1.807) is 24.3 Å². The van der Waals surface area contributed by atoms with Gasteiger partial charge in [-0.3, -0.25) is 14.7 Å². The lowest BCUT2D eigenvalue weighted by molar-refractivity contribution is 0.0976. The van der Waals surface area contributed by atoms with Crippen molar-refractivity contribution in [3.8, 4) is 0 Å². The Morgan fingerprint density at radius 3 is 2.41 bits per heavy atom. The van der Waals surface area contributed by atoms with Crippen LogP contribution in [0.5, 0.6) is 0 Å². The molecule has 0 radical (unpaired) electrons. The Kier molecular flexibility index (Phi) is 1.86. The minimum atomic E-state index is -0.223. The first kappa shape index (κ1) is 9.72. The number of rotatable bonds is 1. The first-order valence-corrected chi connectivity index (χ1v) is 5.13. The van der Waals surface area contributed by atoms with Crippen LogP contribution in [0, 0.1) is 0 Å². The molecule has 0 bridgehead atoms. The Bertz CT molecular complexity index is 668. The van der Waals surface area contributed by atoms with Crippen LogP contribution < -0.4 is 0 Å². The number of nitrogens with one attached hydrogen (secondary N) is 1. The van der Waals surface area contributed by atoms with Crippen molar-refractivity contribution in [2.75, 3.05) is 0 Å². The monoisotopic (exact) mass is 224 g/mol. The number of hydrogen-bond acceptors (Lipinski definition) is 3. The molecule has 17 heavy (non-hydrogen) atoms. The molecule has 0 amide bonds. The minimum Gasteiger partial charge on any atom is -0.288 e. The van der Waals surface area contributed by atoms with E-state index in [9.17, 15) is 9.59 Å². The predicted octanol–water partition coefficient (Wildman–Crippen LogP) is 1.83. The van der Waals surface area contributed by atoms with Gasteiger partial charge < -0.3 is 0 Å². The molecular weight excluding hydrogens is 216 g/mol. The quantitative estimate of drug-likeness (QED) is 0.685.